The normalized spacial score (nSPS) is 14.4. The molecule has 0 rings (SSSR count). The summed E-state index contributed by atoms with van der Waals surface area (Å²) in [6.45, 7) is 11.8. The molecule has 0 saturated heterocycles. The molecule has 9 heteroatoms. The Morgan fingerprint density at radius 3 is 1.59 bits per heavy atom. The zero-order valence-corrected chi connectivity index (χ0v) is 25.9. The van der Waals surface area contributed by atoms with Gasteiger partial charge in [0, 0.05) is 59.9 Å². The number of ketones is 2. The van der Waals surface area contributed by atoms with Crippen LogP contribution in [0.4, 0.5) is 0 Å². The van der Waals surface area contributed by atoms with E-state index in [0.29, 0.717) is 38.8 Å². The largest absolute Gasteiger partial charge is 0.356 e. The van der Waals surface area contributed by atoms with Crippen LogP contribution in [-0.4, -0.2) is 61.8 Å². The first-order chi connectivity index (χ1) is 18.1. The second-order valence-electron chi connectivity index (χ2n) is 12.0. The molecular weight excluding hydrogens is 500 g/mol. The van der Waals surface area contributed by atoms with Crippen LogP contribution in [0.3, 0.4) is 0 Å². The van der Waals surface area contributed by atoms with Gasteiger partial charge < -0.3 is 30.0 Å². The van der Waals surface area contributed by atoms with E-state index in [0.717, 1.165) is 51.4 Å². The van der Waals surface area contributed by atoms with Gasteiger partial charge in [0.05, 0.1) is 0 Å². The maximum absolute atomic E-state index is 12.4. The third-order valence-electron chi connectivity index (χ3n) is 8.20. The van der Waals surface area contributed by atoms with Crippen LogP contribution in [0.2, 0.25) is 0 Å². The van der Waals surface area contributed by atoms with Gasteiger partial charge in [0.1, 0.15) is 11.6 Å². The summed E-state index contributed by atoms with van der Waals surface area (Å²) in [5, 5.41) is 16.2. The van der Waals surface area contributed by atoms with Crippen molar-refractivity contribution in [3.8, 4) is 0 Å². The van der Waals surface area contributed by atoms with E-state index in [1.165, 1.54) is 28.1 Å². The van der Waals surface area contributed by atoms with Crippen molar-refractivity contribution in [1.82, 2.24) is 10.6 Å². The molecular formula is C30H56N2O7. The van der Waals surface area contributed by atoms with Crippen LogP contribution in [-0.2, 0) is 28.7 Å². The Morgan fingerprint density at radius 2 is 1.18 bits per heavy atom. The average Bonchev–Trinajstić information content (AvgIpc) is 2.84. The van der Waals surface area contributed by atoms with Gasteiger partial charge in [-0.25, -0.2) is 0 Å². The predicted octanol–water partition coefficient (Wildman–Crippen LogP) is 4.69. The summed E-state index contributed by atoms with van der Waals surface area (Å²) in [4.78, 5) is 46.7. The molecule has 2 amide bonds. The Bertz CT molecular complexity index is 746. The number of carbonyl (C=O) groups is 4. The van der Waals surface area contributed by atoms with Crippen LogP contribution < -0.4 is 10.6 Å². The van der Waals surface area contributed by atoms with Gasteiger partial charge in [-0.3, -0.25) is 14.4 Å². The number of aliphatic hydroxyl groups is 1. The molecule has 39 heavy (non-hydrogen) atoms. The van der Waals surface area contributed by atoms with E-state index in [2.05, 4.69) is 24.5 Å². The van der Waals surface area contributed by atoms with Gasteiger partial charge in [0.25, 0.3) is 5.97 Å². The van der Waals surface area contributed by atoms with Crippen molar-refractivity contribution in [2.45, 2.75) is 125 Å². The number of amides is 2. The minimum atomic E-state index is -1.62. The lowest BCUT2D eigenvalue weighted by atomic mass is 9.69. The molecule has 0 saturated carbocycles. The molecule has 0 aromatic rings. The van der Waals surface area contributed by atoms with E-state index in [4.69, 9.17) is 9.47 Å². The number of rotatable bonds is 23. The van der Waals surface area contributed by atoms with E-state index in [1.54, 1.807) is 13.8 Å². The van der Waals surface area contributed by atoms with Crippen molar-refractivity contribution in [1.29, 1.82) is 0 Å². The smallest absolute Gasteiger partial charge is 0.279 e. The summed E-state index contributed by atoms with van der Waals surface area (Å²) in [6.07, 6.45) is 8.68. The van der Waals surface area contributed by atoms with Gasteiger partial charge >= 0.3 is 0 Å². The molecule has 0 aromatic heterocycles. The minimum Gasteiger partial charge on any atom is -0.356 e. The Hall–Kier alpha value is -1.84. The second-order valence-corrected chi connectivity index (χ2v) is 12.0. The molecule has 2 atom stereocenters. The highest BCUT2D eigenvalue weighted by atomic mass is 16.8. The van der Waals surface area contributed by atoms with Crippen molar-refractivity contribution in [3.63, 3.8) is 0 Å². The molecule has 0 radical (unpaired) electrons. The summed E-state index contributed by atoms with van der Waals surface area (Å²) in [5.74, 6) is -1.53. The Kier molecular flexibility index (Phi) is 17.6. The lowest BCUT2D eigenvalue weighted by molar-refractivity contribution is -0.343. The summed E-state index contributed by atoms with van der Waals surface area (Å²) >= 11 is 0. The number of carbonyl (C=O) groups excluding carboxylic acids is 4. The first kappa shape index (κ1) is 37.2. The number of nitrogens with one attached hydrogen (secondary N) is 2. The van der Waals surface area contributed by atoms with E-state index < -0.39 is 5.97 Å². The van der Waals surface area contributed by atoms with Crippen LogP contribution in [0.1, 0.15) is 119 Å². The van der Waals surface area contributed by atoms with E-state index in [9.17, 15) is 24.3 Å². The standard InChI is InChI=1S/C30H56N2O7/c1-23(33)11-9-12-27(24(2)34)13-16-28(5,14-10-15-30(37,38-7)39-8)17-18-29(6,19-21-31-25(3)35)20-22-32-26(4)36/h27,37H,9-22H2,1-8H3,(H,31,35)(H,32,36). The van der Waals surface area contributed by atoms with Crippen molar-refractivity contribution in [3.05, 3.63) is 0 Å². The quantitative estimate of drug-likeness (QED) is 0.156. The number of methoxy groups -OCH3 is 2. The van der Waals surface area contributed by atoms with Crippen LogP contribution in [0.15, 0.2) is 0 Å². The van der Waals surface area contributed by atoms with Gasteiger partial charge in [0.15, 0.2) is 0 Å². The Morgan fingerprint density at radius 1 is 0.692 bits per heavy atom. The maximum Gasteiger partial charge on any atom is 0.279 e. The highest BCUT2D eigenvalue weighted by Gasteiger charge is 2.33. The fraction of sp³-hybridized carbons (Fsp3) is 0.867. The van der Waals surface area contributed by atoms with Crippen LogP contribution in [0, 0.1) is 16.7 Å². The third kappa shape index (κ3) is 17.5. The third-order valence-corrected chi connectivity index (χ3v) is 8.20. The van der Waals surface area contributed by atoms with Crippen molar-refractivity contribution in [2.24, 2.45) is 16.7 Å². The molecule has 228 valence electrons. The van der Waals surface area contributed by atoms with Gasteiger partial charge in [-0.05, 0) is 88.9 Å². The molecule has 0 spiro atoms. The summed E-state index contributed by atoms with van der Waals surface area (Å²) < 4.78 is 10.3. The fourth-order valence-electron chi connectivity index (χ4n) is 5.13. The number of hydrogen-bond donors (Lipinski definition) is 3. The molecule has 3 N–H and O–H groups in total. The zero-order chi connectivity index (χ0) is 30.1. The number of hydrogen-bond acceptors (Lipinski definition) is 7. The Balaban J connectivity index is 5.61. The highest BCUT2D eigenvalue weighted by Crippen LogP contribution is 2.42. The van der Waals surface area contributed by atoms with E-state index >= 15 is 0 Å². The zero-order valence-electron chi connectivity index (χ0n) is 25.9. The summed E-state index contributed by atoms with van der Waals surface area (Å²) in [6, 6.07) is 0. The SMILES string of the molecule is COC(O)(CCCC(C)(CCC(CCCC(C)=O)C(C)=O)CCC(C)(CCNC(C)=O)CCNC(C)=O)OC. The molecule has 0 fully saturated rings. The van der Waals surface area contributed by atoms with Gasteiger partial charge in [-0.15, -0.1) is 0 Å². The molecule has 0 aliphatic rings. The maximum atomic E-state index is 12.4. The van der Waals surface area contributed by atoms with Gasteiger partial charge in [-0.2, -0.15) is 0 Å². The lowest BCUT2D eigenvalue weighted by Crippen LogP contribution is -2.34. The number of Topliss-reactive ketones (excluding diaryl/α,β-unsaturated/α-hetero) is 2. The second kappa shape index (κ2) is 18.5. The summed E-state index contributed by atoms with van der Waals surface area (Å²) in [7, 11) is 2.83. The van der Waals surface area contributed by atoms with Crippen LogP contribution in [0.25, 0.3) is 0 Å². The first-order valence-corrected chi connectivity index (χ1v) is 14.4. The molecule has 0 aromatic carbocycles. The first-order valence-electron chi connectivity index (χ1n) is 14.4. The van der Waals surface area contributed by atoms with Crippen molar-refractivity contribution >= 4 is 23.4 Å². The van der Waals surface area contributed by atoms with Crippen LogP contribution >= 0.6 is 0 Å². The van der Waals surface area contributed by atoms with Crippen LogP contribution in [0.5, 0.6) is 0 Å². The molecule has 0 bridgehead atoms. The van der Waals surface area contributed by atoms with E-state index in [-0.39, 0.29) is 40.1 Å². The molecule has 0 aliphatic carbocycles. The molecule has 2 unspecified atom stereocenters. The molecule has 9 nitrogen and oxygen atoms in total. The lowest BCUT2D eigenvalue weighted by Gasteiger charge is -2.37. The van der Waals surface area contributed by atoms with Crippen molar-refractivity contribution < 1.29 is 33.8 Å². The van der Waals surface area contributed by atoms with Crippen molar-refractivity contribution in [2.75, 3.05) is 27.3 Å². The predicted molar refractivity (Wildman–Crippen MR) is 153 cm³/mol. The fourth-order valence-corrected chi connectivity index (χ4v) is 5.13. The van der Waals surface area contributed by atoms with Gasteiger partial charge in [0.2, 0.25) is 11.8 Å². The minimum absolute atomic E-state index is 0.0622. The molecule has 0 aliphatic heterocycles. The summed E-state index contributed by atoms with van der Waals surface area (Å²) in [5.41, 5.74) is -0.215. The molecule has 0 heterocycles. The van der Waals surface area contributed by atoms with E-state index in [1.807, 2.05) is 0 Å². The average molecular weight is 557 g/mol. The number of ether oxygens (including phenoxy) is 2. The Labute approximate surface area is 236 Å². The van der Waals surface area contributed by atoms with Gasteiger partial charge in [-0.1, -0.05) is 13.8 Å². The topological polar surface area (TPSA) is 131 Å². The highest BCUT2D eigenvalue weighted by molar-refractivity contribution is 5.78. The monoisotopic (exact) mass is 556 g/mol.